The first-order valence-corrected chi connectivity index (χ1v) is 8.11. The number of aromatic nitrogens is 1. The highest BCUT2D eigenvalue weighted by Crippen LogP contribution is 2.38. The Kier molecular flexibility index (Phi) is 2.86. The van der Waals surface area contributed by atoms with Gasteiger partial charge in [0.1, 0.15) is 0 Å². The Morgan fingerprint density at radius 1 is 1.20 bits per heavy atom. The van der Waals surface area contributed by atoms with E-state index < -0.39 is 0 Å². The first kappa shape index (κ1) is 12.4. The normalized spacial score (nSPS) is 20.8. The van der Waals surface area contributed by atoms with Gasteiger partial charge in [-0.3, -0.25) is 4.79 Å². The monoisotopic (exact) mass is 289 g/mol. The molecule has 1 saturated carbocycles. The summed E-state index contributed by atoms with van der Waals surface area (Å²) in [6.45, 7) is 3.65. The third kappa shape index (κ3) is 2.15. The van der Waals surface area contributed by atoms with Crippen LogP contribution in [-0.4, -0.2) is 53.5 Å². The van der Waals surface area contributed by atoms with E-state index in [1.807, 2.05) is 4.90 Å². The van der Waals surface area contributed by atoms with Crippen molar-refractivity contribution in [2.45, 2.75) is 18.9 Å². The first-order chi connectivity index (χ1) is 9.70. The number of fused-ring (bicyclic) bond motifs is 1. The van der Waals surface area contributed by atoms with Gasteiger partial charge in [0.25, 0.3) is 5.91 Å². The predicted octanol–water partition coefficient (Wildman–Crippen LogP) is 2.43. The minimum Gasteiger partial charge on any atom is -0.349 e. The lowest BCUT2D eigenvalue weighted by Gasteiger charge is -2.32. The van der Waals surface area contributed by atoms with Crippen molar-refractivity contribution in [3.05, 3.63) is 23.3 Å². The number of piperazine rings is 1. The molecule has 0 aromatic carbocycles. The minimum absolute atomic E-state index is 0.206. The molecule has 0 unspecified atom stereocenters. The number of carbonyl (C=O) groups excluding carboxylic acids is 1. The number of nitrogens with zero attached hydrogens (tertiary/aromatic N) is 3. The Bertz CT molecular complexity index is 616. The van der Waals surface area contributed by atoms with E-state index in [1.165, 1.54) is 22.9 Å². The fourth-order valence-corrected chi connectivity index (χ4v) is 3.85. The molecule has 106 valence electrons. The van der Waals surface area contributed by atoms with Crippen molar-refractivity contribution >= 4 is 27.3 Å². The zero-order valence-corrected chi connectivity index (χ0v) is 12.5. The van der Waals surface area contributed by atoms with E-state index in [-0.39, 0.29) is 5.91 Å². The van der Waals surface area contributed by atoms with Crippen LogP contribution in [0, 0.1) is 0 Å². The molecule has 2 aromatic rings. The highest BCUT2D eigenvalue weighted by molar-refractivity contribution is 7.20. The number of amides is 1. The molecule has 1 amide bonds. The topological polar surface area (TPSA) is 28.5 Å². The molecule has 2 fully saturated rings. The van der Waals surface area contributed by atoms with Crippen molar-refractivity contribution in [1.29, 1.82) is 0 Å². The minimum atomic E-state index is 0.206. The van der Waals surface area contributed by atoms with Crippen LogP contribution in [0.2, 0.25) is 0 Å². The summed E-state index contributed by atoms with van der Waals surface area (Å²) in [7, 11) is 2.11. The molecule has 0 N–H and O–H groups in total. The predicted molar refractivity (Wildman–Crippen MR) is 81.5 cm³/mol. The van der Waals surface area contributed by atoms with Crippen LogP contribution in [0.3, 0.4) is 0 Å². The molecule has 1 aliphatic heterocycles. The van der Waals surface area contributed by atoms with Gasteiger partial charge in [0.2, 0.25) is 0 Å². The van der Waals surface area contributed by atoms with Gasteiger partial charge in [-0.25, -0.2) is 0 Å². The number of rotatable bonds is 2. The zero-order chi connectivity index (χ0) is 13.7. The maximum Gasteiger partial charge on any atom is 0.264 e. The van der Waals surface area contributed by atoms with Crippen molar-refractivity contribution in [1.82, 2.24) is 14.4 Å². The molecule has 2 aromatic heterocycles. The van der Waals surface area contributed by atoms with Crippen LogP contribution in [0.15, 0.2) is 18.5 Å². The number of hydrogen-bond donors (Lipinski definition) is 0. The Hall–Kier alpha value is -1.33. The standard InChI is InChI=1S/C15H19N3OS/c1-16-4-6-17(7-5-16)15(19)13-8-11-9-18(12-2-3-12)10-14(11)20-13/h8-10,12H,2-7H2,1H3. The molecular formula is C15H19N3OS. The fraction of sp³-hybridized carbons (Fsp3) is 0.533. The Morgan fingerprint density at radius 3 is 2.60 bits per heavy atom. The molecule has 20 heavy (non-hydrogen) atoms. The summed E-state index contributed by atoms with van der Waals surface area (Å²) in [6.07, 6.45) is 7.01. The van der Waals surface area contributed by atoms with Crippen LogP contribution in [0.25, 0.3) is 10.1 Å². The van der Waals surface area contributed by atoms with Gasteiger partial charge in [-0.05, 0) is 26.0 Å². The second kappa shape index (κ2) is 4.60. The molecular weight excluding hydrogens is 270 g/mol. The lowest BCUT2D eigenvalue weighted by molar-refractivity contribution is 0.0669. The molecule has 4 rings (SSSR count). The summed E-state index contributed by atoms with van der Waals surface area (Å²) >= 11 is 1.64. The lowest BCUT2D eigenvalue weighted by Crippen LogP contribution is -2.46. The van der Waals surface area contributed by atoms with Gasteiger partial charge < -0.3 is 14.4 Å². The van der Waals surface area contributed by atoms with Crippen LogP contribution in [0.5, 0.6) is 0 Å². The smallest absolute Gasteiger partial charge is 0.264 e. The summed E-state index contributed by atoms with van der Waals surface area (Å²) in [4.78, 5) is 17.7. The van der Waals surface area contributed by atoms with Gasteiger partial charge >= 0.3 is 0 Å². The molecule has 1 saturated heterocycles. The maximum atomic E-state index is 12.5. The zero-order valence-electron chi connectivity index (χ0n) is 11.7. The van der Waals surface area contributed by atoms with Crippen LogP contribution in [-0.2, 0) is 0 Å². The van der Waals surface area contributed by atoms with Crippen molar-refractivity contribution in [2.75, 3.05) is 33.2 Å². The van der Waals surface area contributed by atoms with Gasteiger partial charge in [0.15, 0.2) is 0 Å². The summed E-state index contributed by atoms with van der Waals surface area (Å²) in [5.74, 6) is 0.206. The van der Waals surface area contributed by atoms with Crippen molar-refractivity contribution in [3.63, 3.8) is 0 Å². The molecule has 0 atom stereocenters. The van der Waals surface area contributed by atoms with Gasteiger partial charge in [0, 0.05) is 50.0 Å². The average Bonchev–Trinajstić information content (AvgIpc) is 3.10. The second-order valence-corrected chi connectivity index (χ2v) is 7.05. The summed E-state index contributed by atoms with van der Waals surface area (Å²) in [6, 6.07) is 2.78. The molecule has 2 aliphatic rings. The molecule has 0 radical (unpaired) electrons. The molecule has 1 aliphatic carbocycles. The summed E-state index contributed by atoms with van der Waals surface area (Å²) in [5, 5.41) is 1.22. The quantitative estimate of drug-likeness (QED) is 0.849. The van der Waals surface area contributed by atoms with Crippen molar-refractivity contribution in [3.8, 4) is 0 Å². The average molecular weight is 289 g/mol. The van der Waals surface area contributed by atoms with E-state index >= 15 is 0 Å². The van der Waals surface area contributed by atoms with E-state index in [0.717, 1.165) is 31.1 Å². The maximum absolute atomic E-state index is 12.5. The van der Waals surface area contributed by atoms with Gasteiger partial charge in [-0.2, -0.15) is 0 Å². The van der Waals surface area contributed by atoms with Gasteiger partial charge in [-0.15, -0.1) is 11.3 Å². The number of hydrogen-bond acceptors (Lipinski definition) is 3. The summed E-state index contributed by atoms with van der Waals surface area (Å²) in [5.41, 5.74) is 0. The molecule has 5 heteroatoms. The van der Waals surface area contributed by atoms with Crippen LogP contribution in [0.1, 0.15) is 28.6 Å². The SMILES string of the molecule is CN1CCN(C(=O)c2cc3cn(C4CC4)cc3s2)CC1. The first-order valence-electron chi connectivity index (χ1n) is 7.29. The fourth-order valence-electron chi connectivity index (χ4n) is 2.81. The van der Waals surface area contributed by atoms with E-state index in [1.54, 1.807) is 11.3 Å². The number of carbonyl (C=O) groups is 1. The van der Waals surface area contributed by atoms with Gasteiger partial charge in [-0.1, -0.05) is 0 Å². The Morgan fingerprint density at radius 2 is 1.95 bits per heavy atom. The molecule has 4 nitrogen and oxygen atoms in total. The summed E-state index contributed by atoms with van der Waals surface area (Å²) < 4.78 is 3.56. The highest BCUT2D eigenvalue weighted by atomic mass is 32.1. The second-order valence-electron chi connectivity index (χ2n) is 5.96. The van der Waals surface area contributed by atoms with Crippen molar-refractivity contribution in [2.24, 2.45) is 0 Å². The van der Waals surface area contributed by atoms with Crippen LogP contribution < -0.4 is 0 Å². The van der Waals surface area contributed by atoms with E-state index in [4.69, 9.17) is 0 Å². The third-order valence-electron chi connectivity index (χ3n) is 4.32. The molecule has 0 spiro atoms. The van der Waals surface area contributed by atoms with Gasteiger partial charge in [0.05, 0.1) is 9.58 Å². The van der Waals surface area contributed by atoms with Crippen LogP contribution in [0.4, 0.5) is 0 Å². The third-order valence-corrected chi connectivity index (χ3v) is 5.39. The lowest BCUT2D eigenvalue weighted by atomic mass is 10.3. The Balaban J connectivity index is 1.55. The number of thiophene rings is 1. The van der Waals surface area contributed by atoms with E-state index in [9.17, 15) is 4.79 Å². The Labute approximate surface area is 122 Å². The van der Waals surface area contributed by atoms with Crippen LogP contribution >= 0.6 is 11.3 Å². The van der Waals surface area contributed by atoms with E-state index in [2.05, 4.69) is 35.0 Å². The number of likely N-dealkylation sites (N-methyl/N-ethyl adjacent to an activating group) is 1. The van der Waals surface area contributed by atoms with Crippen molar-refractivity contribution < 1.29 is 4.79 Å². The van der Waals surface area contributed by atoms with E-state index in [0.29, 0.717) is 6.04 Å². The largest absolute Gasteiger partial charge is 0.349 e. The molecule has 0 bridgehead atoms. The highest BCUT2D eigenvalue weighted by Gasteiger charge is 2.25. The molecule has 3 heterocycles.